The van der Waals surface area contributed by atoms with Gasteiger partial charge >= 0.3 is 23.9 Å². The molecule has 0 saturated heterocycles. The van der Waals surface area contributed by atoms with E-state index in [4.69, 9.17) is 0 Å². The fourth-order valence-corrected chi connectivity index (χ4v) is 2.73. The van der Waals surface area contributed by atoms with Gasteiger partial charge in [0.05, 0.1) is 12.2 Å². The minimum absolute atomic E-state index is 0.00295. The number of amides is 3. The molecule has 9 nitrogen and oxygen atoms in total. The first kappa shape index (κ1) is 37.9. The molecule has 18 heteroatoms. The number of hydrogen-bond acceptors (Lipinski definition) is 6. The van der Waals surface area contributed by atoms with Crippen molar-refractivity contribution in [2.75, 3.05) is 40.3 Å². The Balaban J connectivity index is 0.00000103. The molecule has 0 fully saturated rings. The number of nitrogens with one attached hydrogen (secondary N) is 2. The summed E-state index contributed by atoms with van der Waals surface area (Å²) in [6, 6.07) is 3.37. The Hall–Kier alpha value is -3.15. The summed E-state index contributed by atoms with van der Waals surface area (Å²) in [6.07, 6.45) is -5.51. The van der Waals surface area contributed by atoms with Gasteiger partial charge in [-0.2, -0.15) is 39.5 Å². The number of primary amides is 1. The number of nitrogens with two attached hydrogens (primary N) is 1. The summed E-state index contributed by atoms with van der Waals surface area (Å²) in [5.74, 6) is -20.1. The topological polar surface area (TPSA) is 121 Å². The minimum atomic E-state index is -6.52. The van der Waals surface area contributed by atoms with Crippen LogP contribution in [0.2, 0.25) is 0 Å². The second kappa shape index (κ2) is 15.7. The lowest BCUT2D eigenvalue weighted by Gasteiger charge is -2.25. The molecule has 0 bridgehead atoms. The summed E-state index contributed by atoms with van der Waals surface area (Å²) in [6.45, 7) is 5.86. The van der Waals surface area contributed by atoms with Crippen LogP contribution in [0, 0.1) is 0 Å². The summed E-state index contributed by atoms with van der Waals surface area (Å²) in [5.41, 5.74) is 5.02. The van der Waals surface area contributed by atoms with E-state index in [9.17, 15) is 53.9 Å². The van der Waals surface area contributed by atoms with Crippen LogP contribution in [0.15, 0.2) is 18.3 Å². The maximum absolute atomic E-state index is 13.3. The molecule has 0 aliphatic rings. The summed E-state index contributed by atoms with van der Waals surface area (Å²) in [5, 5.41) is 5.29. The van der Waals surface area contributed by atoms with Gasteiger partial charge in [0.25, 0.3) is 11.8 Å². The van der Waals surface area contributed by atoms with Gasteiger partial charge in [-0.05, 0) is 38.7 Å². The molecule has 0 radical (unpaired) electrons. The third-order valence-corrected chi connectivity index (χ3v) is 5.30. The zero-order valence-corrected chi connectivity index (χ0v) is 22.7. The monoisotopic (exact) mass is 612 g/mol. The van der Waals surface area contributed by atoms with Crippen molar-refractivity contribution in [1.29, 1.82) is 0 Å². The van der Waals surface area contributed by atoms with Gasteiger partial charge in [-0.3, -0.25) is 19.4 Å². The molecule has 4 N–H and O–H groups in total. The molecular formula is C23H33F9N6O3. The average molecular weight is 613 g/mol. The number of pyridine rings is 1. The highest BCUT2D eigenvalue weighted by Gasteiger charge is 2.75. The van der Waals surface area contributed by atoms with Crippen molar-refractivity contribution < 1.29 is 53.9 Å². The molecule has 0 aliphatic heterocycles. The molecule has 0 saturated carbocycles. The predicted molar refractivity (Wildman–Crippen MR) is 129 cm³/mol. The molecule has 41 heavy (non-hydrogen) atoms. The van der Waals surface area contributed by atoms with E-state index in [2.05, 4.69) is 21.4 Å². The molecule has 1 aromatic rings. The molecule has 1 aromatic heterocycles. The van der Waals surface area contributed by atoms with Crippen LogP contribution in [0.1, 0.15) is 31.5 Å². The number of aromatic nitrogens is 1. The number of carbonyl (C=O) groups excluding carboxylic acids is 3. The van der Waals surface area contributed by atoms with Gasteiger partial charge < -0.3 is 26.2 Å². The third-order valence-electron chi connectivity index (χ3n) is 5.30. The van der Waals surface area contributed by atoms with E-state index in [0.717, 1.165) is 6.54 Å². The van der Waals surface area contributed by atoms with Crippen molar-refractivity contribution in [3.8, 4) is 0 Å². The van der Waals surface area contributed by atoms with Crippen molar-refractivity contribution >= 4 is 17.7 Å². The quantitative estimate of drug-likeness (QED) is 0.278. The second-order valence-electron chi connectivity index (χ2n) is 8.79. The van der Waals surface area contributed by atoms with Gasteiger partial charge in [0.1, 0.15) is 0 Å². The van der Waals surface area contributed by atoms with Crippen LogP contribution in [-0.4, -0.2) is 96.7 Å². The van der Waals surface area contributed by atoms with Gasteiger partial charge in [0, 0.05) is 45.3 Å². The van der Waals surface area contributed by atoms with E-state index in [1.54, 1.807) is 23.2 Å². The standard InChI is InChI=1S/C19H31F2N5O2.C4H2F7NO/c1-5-19(20,21)18(28)24-12-15-7-8-23-16(11-15)13-22-14-17(27)26(6-2)10-9-25(3)4;5-2(6,1(12)13)3(7,8)4(9,10)11/h7-8,11,22H,5-6,9-10,12-14H2,1-4H3,(H,24,28);(H2,12,13). The van der Waals surface area contributed by atoms with Gasteiger partial charge in [-0.15, -0.1) is 0 Å². The lowest BCUT2D eigenvalue weighted by atomic mass is 10.1. The lowest BCUT2D eigenvalue weighted by Crippen LogP contribution is -2.58. The Morgan fingerprint density at radius 1 is 0.951 bits per heavy atom. The van der Waals surface area contributed by atoms with Crippen LogP contribution in [0.4, 0.5) is 39.5 Å². The van der Waals surface area contributed by atoms with Crippen LogP contribution in [0.5, 0.6) is 0 Å². The maximum atomic E-state index is 13.3. The highest BCUT2D eigenvalue weighted by Crippen LogP contribution is 2.46. The smallest absolute Gasteiger partial charge is 0.364 e. The molecule has 1 rings (SSSR count). The minimum Gasteiger partial charge on any atom is -0.364 e. The van der Waals surface area contributed by atoms with E-state index < -0.39 is 42.2 Å². The number of alkyl halides is 9. The van der Waals surface area contributed by atoms with Crippen LogP contribution >= 0.6 is 0 Å². The Morgan fingerprint density at radius 3 is 1.98 bits per heavy atom. The zero-order valence-electron chi connectivity index (χ0n) is 22.7. The van der Waals surface area contributed by atoms with E-state index in [0.29, 0.717) is 30.9 Å². The summed E-state index contributed by atoms with van der Waals surface area (Å²) < 4.78 is 108. The van der Waals surface area contributed by atoms with Crippen molar-refractivity contribution in [1.82, 2.24) is 25.4 Å². The van der Waals surface area contributed by atoms with Gasteiger partial charge in [0.2, 0.25) is 5.91 Å². The van der Waals surface area contributed by atoms with Gasteiger partial charge in [0.15, 0.2) is 0 Å². The number of carbonyl (C=O) groups is 3. The van der Waals surface area contributed by atoms with Crippen molar-refractivity contribution in [3.63, 3.8) is 0 Å². The van der Waals surface area contributed by atoms with Gasteiger partial charge in [-0.1, -0.05) is 6.92 Å². The number of hydrogen-bond donors (Lipinski definition) is 3. The summed E-state index contributed by atoms with van der Waals surface area (Å²) >= 11 is 0. The Labute approximate surface area is 230 Å². The van der Waals surface area contributed by atoms with Crippen LogP contribution < -0.4 is 16.4 Å². The third kappa shape index (κ3) is 11.7. The Morgan fingerprint density at radius 2 is 1.54 bits per heavy atom. The predicted octanol–water partition coefficient (Wildman–Crippen LogP) is 2.55. The number of likely N-dealkylation sites (N-methyl/N-ethyl adjacent to an activating group) is 2. The van der Waals surface area contributed by atoms with Crippen LogP contribution in [0.25, 0.3) is 0 Å². The largest absolute Gasteiger partial charge is 0.460 e. The SMILES string of the molecule is CCN(CCN(C)C)C(=O)CNCc1cc(CNC(=O)C(F)(F)CC)ccn1.NC(=O)C(F)(F)C(F)(F)C(F)(F)F. The van der Waals surface area contributed by atoms with Gasteiger partial charge in [-0.25, -0.2) is 0 Å². The zero-order chi connectivity index (χ0) is 32.2. The summed E-state index contributed by atoms with van der Waals surface area (Å²) in [7, 11) is 3.92. The van der Waals surface area contributed by atoms with Crippen LogP contribution in [-0.2, 0) is 27.5 Å². The fourth-order valence-electron chi connectivity index (χ4n) is 2.73. The lowest BCUT2D eigenvalue weighted by molar-refractivity contribution is -0.343. The van der Waals surface area contributed by atoms with Crippen molar-refractivity contribution in [2.24, 2.45) is 5.73 Å². The highest BCUT2D eigenvalue weighted by atomic mass is 19.4. The average Bonchev–Trinajstić information content (AvgIpc) is 2.87. The molecular weight excluding hydrogens is 579 g/mol. The highest BCUT2D eigenvalue weighted by molar-refractivity contribution is 5.83. The van der Waals surface area contributed by atoms with Crippen molar-refractivity contribution in [2.45, 2.75) is 57.3 Å². The maximum Gasteiger partial charge on any atom is 0.460 e. The molecule has 0 aromatic carbocycles. The first-order valence-electron chi connectivity index (χ1n) is 12.0. The van der Waals surface area contributed by atoms with Crippen molar-refractivity contribution in [3.05, 3.63) is 29.6 Å². The fraction of sp³-hybridized carbons (Fsp3) is 0.652. The number of nitrogens with zero attached hydrogens (tertiary/aromatic N) is 3. The Kier molecular flexibility index (Phi) is 14.5. The molecule has 0 atom stereocenters. The molecule has 0 spiro atoms. The first-order valence-corrected chi connectivity index (χ1v) is 12.0. The molecule has 0 unspecified atom stereocenters. The van der Waals surface area contributed by atoms with Crippen LogP contribution in [0.3, 0.4) is 0 Å². The normalized spacial score (nSPS) is 12.4. The second-order valence-corrected chi connectivity index (χ2v) is 8.79. The molecule has 1 heterocycles. The van der Waals surface area contributed by atoms with E-state index in [1.807, 2.05) is 25.9 Å². The van der Waals surface area contributed by atoms with E-state index in [1.165, 1.54) is 6.92 Å². The number of rotatable bonds is 14. The first-order chi connectivity index (χ1) is 18.6. The van der Waals surface area contributed by atoms with E-state index in [-0.39, 0.29) is 19.0 Å². The molecule has 3 amide bonds. The molecule has 236 valence electrons. The summed E-state index contributed by atoms with van der Waals surface area (Å²) in [4.78, 5) is 41.3. The molecule has 0 aliphatic carbocycles. The Bertz CT molecular complexity index is 1010. The number of halogens is 9. The van der Waals surface area contributed by atoms with E-state index >= 15 is 0 Å².